The quantitative estimate of drug-likeness (QED) is 0.304. The fourth-order valence-corrected chi connectivity index (χ4v) is 6.98. The van der Waals surface area contributed by atoms with Gasteiger partial charge in [0.1, 0.15) is 11.4 Å². The van der Waals surface area contributed by atoms with E-state index in [-0.39, 0.29) is 23.3 Å². The second-order valence-corrected chi connectivity index (χ2v) is 13.3. The number of nitrogens with zero attached hydrogens (tertiary/aromatic N) is 2. The molecule has 5 nitrogen and oxygen atoms in total. The van der Waals surface area contributed by atoms with Crippen LogP contribution >= 0.6 is 0 Å². The van der Waals surface area contributed by atoms with Crippen molar-refractivity contribution in [3.63, 3.8) is 0 Å². The fraction of sp³-hybridized carbons (Fsp3) is 0.583. The lowest BCUT2D eigenvalue weighted by molar-refractivity contribution is -0.133. The third kappa shape index (κ3) is 6.01. The average molecular weight is 556 g/mol. The van der Waals surface area contributed by atoms with E-state index in [0.29, 0.717) is 29.7 Å². The molecule has 2 saturated carbocycles. The molecule has 2 fully saturated rings. The first-order chi connectivity index (χ1) is 19.7. The molecule has 1 spiro atoms. The normalized spacial score (nSPS) is 23.5. The van der Waals surface area contributed by atoms with Gasteiger partial charge in [0.2, 0.25) is 0 Å². The molecule has 0 radical (unpaired) electrons. The smallest absolute Gasteiger partial charge is 0.275 e. The number of nitrogens with one attached hydrogen (secondary N) is 1. The Balaban J connectivity index is 1.48. The molecular weight excluding hydrogens is 506 g/mol. The van der Waals surface area contributed by atoms with Gasteiger partial charge in [-0.3, -0.25) is 14.6 Å². The predicted molar refractivity (Wildman–Crippen MR) is 167 cm³/mol. The third-order valence-electron chi connectivity index (χ3n) is 10.2. The molecule has 1 heterocycles. The largest absolute Gasteiger partial charge is 0.352 e. The van der Waals surface area contributed by atoms with Crippen molar-refractivity contribution in [3.05, 3.63) is 70.8 Å². The number of benzene rings is 2. The van der Waals surface area contributed by atoms with Crippen molar-refractivity contribution in [2.24, 2.45) is 16.3 Å². The van der Waals surface area contributed by atoms with Gasteiger partial charge in [-0.25, -0.2) is 0 Å². The van der Waals surface area contributed by atoms with Gasteiger partial charge in [0.05, 0.1) is 6.04 Å². The van der Waals surface area contributed by atoms with Crippen LogP contribution in [0.3, 0.4) is 0 Å². The molecule has 3 aliphatic rings. The minimum absolute atomic E-state index is 0.0451. The van der Waals surface area contributed by atoms with Crippen molar-refractivity contribution in [3.8, 4) is 0 Å². The lowest BCUT2D eigenvalue weighted by Gasteiger charge is -2.48. The van der Waals surface area contributed by atoms with Gasteiger partial charge in [-0.2, -0.15) is 0 Å². The van der Waals surface area contributed by atoms with E-state index in [1.165, 1.54) is 18.4 Å². The van der Waals surface area contributed by atoms with Gasteiger partial charge in [0.15, 0.2) is 0 Å². The Morgan fingerprint density at radius 1 is 0.976 bits per heavy atom. The molecule has 2 amide bonds. The third-order valence-corrected chi connectivity index (χ3v) is 10.2. The summed E-state index contributed by atoms with van der Waals surface area (Å²) in [4.78, 5) is 34.6. The van der Waals surface area contributed by atoms with Crippen LogP contribution in [0.15, 0.2) is 53.5 Å². The van der Waals surface area contributed by atoms with Crippen LogP contribution < -0.4 is 5.32 Å². The molecule has 1 N–H and O–H groups in total. The average Bonchev–Trinajstić information content (AvgIpc) is 3.81. The topological polar surface area (TPSA) is 61.8 Å². The summed E-state index contributed by atoms with van der Waals surface area (Å²) in [6, 6.07) is 16.5. The van der Waals surface area contributed by atoms with Gasteiger partial charge < -0.3 is 10.2 Å². The molecule has 5 heteroatoms. The van der Waals surface area contributed by atoms with Gasteiger partial charge in [-0.1, -0.05) is 83.9 Å². The van der Waals surface area contributed by atoms with Crippen LogP contribution in [0.4, 0.5) is 0 Å². The molecule has 0 saturated heterocycles. The van der Waals surface area contributed by atoms with Crippen molar-refractivity contribution in [1.82, 2.24) is 10.2 Å². The van der Waals surface area contributed by atoms with E-state index >= 15 is 0 Å². The highest BCUT2D eigenvalue weighted by Crippen LogP contribution is 2.50. The molecule has 1 atom stereocenters. The van der Waals surface area contributed by atoms with E-state index in [1.54, 1.807) is 0 Å². The summed E-state index contributed by atoms with van der Waals surface area (Å²) < 4.78 is 0. The lowest BCUT2D eigenvalue weighted by Crippen LogP contribution is -2.51. The van der Waals surface area contributed by atoms with E-state index in [1.807, 2.05) is 12.1 Å². The minimum Gasteiger partial charge on any atom is -0.352 e. The van der Waals surface area contributed by atoms with Crippen molar-refractivity contribution in [2.75, 3.05) is 6.54 Å². The van der Waals surface area contributed by atoms with Crippen LogP contribution in [0, 0.1) is 11.3 Å². The molecule has 41 heavy (non-hydrogen) atoms. The molecular formula is C36H49N3O2. The van der Waals surface area contributed by atoms with Crippen molar-refractivity contribution in [1.29, 1.82) is 0 Å². The van der Waals surface area contributed by atoms with E-state index in [9.17, 15) is 9.59 Å². The maximum absolute atomic E-state index is 14.5. The Morgan fingerprint density at radius 2 is 1.63 bits per heavy atom. The van der Waals surface area contributed by atoms with E-state index < -0.39 is 5.66 Å². The van der Waals surface area contributed by atoms with Crippen LogP contribution in [-0.2, 0) is 4.79 Å². The molecule has 2 aromatic carbocycles. The molecule has 0 bridgehead atoms. The van der Waals surface area contributed by atoms with Gasteiger partial charge >= 0.3 is 0 Å². The molecule has 0 aromatic heterocycles. The van der Waals surface area contributed by atoms with E-state index in [0.717, 1.165) is 62.5 Å². The number of amides is 2. The molecule has 2 aromatic rings. The van der Waals surface area contributed by atoms with Crippen molar-refractivity contribution in [2.45, 2.75) is 116 Å². The number of carbonyl (C=O) groups excluding carboxylic acids is 2. The van der Waals surface area contributed by atoms with Crippen LogP contribution in [0.1, 0.15) is 138 Å². The van der Waals surface area contributed by atoms with Crippen molar-refractivity contribution < 1.29 is 9.59 Å². The zero-order chi connectivity index (χ0) is 29.2. The molecule has 2 aliphatic carbocycles. The molecule has 5 rings (SSSR count). The standard InChI is InChI=1S/C36H49N3O2/c1-6-9-31(27-14-18-29(19-15-27)33(40)37-24-7-2)39-34(41)32(28-16-12-26(13-17-28)25-10-11-25)38-36(39)22-20-30(21-23-36)35(4,5)8-3/h12-19,25,30-31H,6-11,20-24H2,1-5H3,(H,37,40). The van der Waals surface area contributed by atoms with E-state index in [2.05, 4.69) is 81.2 Å². The Morgan fingerprint density at radius 3 is 2.20 bits per heavy atom. The highest BCUT2D eigenvalue weighted by Gasteiger charge is 2.52. The Bertz CT molecular complexity index is 1250. The monoisotopic (exact) mass is 555 g/mol. The summed E-state index contributed by atoms with van der Waals surface area (Å²) in [5, 5.41) is 2.97. The minimum atomic E-state index is -0.515. The number of rotatable bonds is 11. The van der Waals surface area contributed by atoms with Crippen molar-refractivity contribution >= 4 is 17.5 Å². The number of hydrogen-bond acceptors (Lipinski definition) is 3. The van der Waals surface area contributed by atoms with Crippen LogP contribution in [-0.4, -0.2) is 34.6 Å². The van der Waals surface area contributed by atoms with Gasteiger partial charge in [0.25, 0.3) is 11.8 Å². The van der Waals surface area contributed by atoms with Crippen LogP contribution in [0.25, 0.3) is 0 Å². The number of hydrogen-bond donors (Lipinski definition) is 1. The molecule has 220 valence electrons. The van der Waals surface area contributed by atoms with Gasteiger partial charge in [-0.05, 0) is 91.9 Å². The maximum Gasteiger partial charge on any atom is 0.275 e. The first-order valence-electron chi connectivity index (χ1n) is 16.1. The second-order valence-electron chi connectivity index (χ2n) is 13.3. The van der Waals surface area contributed by atoms with E-state index in [4.69, 9.17) is 4.99 Å². The lowest BCUT2D eigenvalue weighted by atomic mass is 9.67. The first kappa shape index (κ1) is 29.5. The molecule has 1 aliphatic heterocycles. The van der Waals surface area contributed by atoms with Gasteiger partial charge in [-0.15, -0.1) is 0 Å². The number of carbonyl (C=O) groups is 2. The summed E-state index contributed by atoms with van der Waals surface area (Å²) in [6.07, 6.45) is 10.4. The Kier molecular flexibility index (Phi) is 8.73. The highest BCUT2D eigenvalue weighted by atomic mass is 16.2. The fourth-order valence-electron chi connectivity index (χ4n) is 6.98. The second kappa shape index (κ2) is 12.1. The summed E-state index contributed by atoms with van der Waals surface area (Å²) in [5.74, 6) is 1.33. The summed E-state index contributed by atoms with van der Waals surface area (Å²) in [6.45, 7) is 12.0. The maximum atomic E-state index is 14.5. The zero-order valence-corrected chi connectivity index (χ0v) is 25.8. The SMILES string of the molecule is CCCNC(=O)c1ccc(C(CCC)N2C(=O)C(c3ccc(C4CC4)cc3)=NC23CCC(C(C)(C)CC)CC3)cc1. The summed E-state index contributed by atoms with van der Waals surface area (Å²) in [7, 11) is 0. The summed E-state index contributed by atoms with van der Waals surface area (Å²) >= 11 is 0. The first-order valence-corrected chi connectivity index (χ1v) is 16.1. The highest BCUT2D eigenvalue weighted by molar-refractivity contribution is 6.46. The van der Waals surface area contributed by atoms with Crippen LogP contribution in [0.2, 0.25) is 0 Å². The summed E-state index contributed by atoms with van der Waals surface area (Å²) in [5.41, 5.74) is 4.46. The Labute approximate surface area is 247 Å². The predicted octanol–water partition coefficient (Wildman–Crippen LogP) is 8.20. The van der Waals surface area contributed by atoms with Gasteiger partial charge in [0, 0.05) is 17.7 Å². The Hall–Kier alpha value is -2.95. The van der Waals surface area contributed by atoms with Crippen LogP contribution in [0.5, 0.6) is 0 Å². The zero-order valence-electron chi connectivity index (χ0n) is 25.8. The number of aliphatic imine (C=N–C) groups is 1. The molecule has 1 unspecified atom stereocenters.